The first-order valence-corrected chi connectivity index (χ1v) is 6.44. The average Bonchev–Trinajstić information content (AvgIpc) is 2.88. The maximum absolute atomic E-state index is 4.31. The molecular formula is C14H20N4. The van der Waals surface area contributed by atoms with Crippen LogP contribution in [0.5, 0.6) is 0 Å². The Hall–Kier alpha value is -1.68. The van der Waals surface area contributed by atoms with E-state index in [1.54, 1.807) is 6.33 Å². The van der Waals surface area contributed by atoms with Gasteiger partial charge in [-0.2, -0.15) is 5.10 Å². The van der Waals surface area contributed by atoms with E-state index >= 15 is 0 Å². The fourth-order valence-electron chi connectivity index (χ4n) is 2.18. The summed E-state index contributed by atoms with van der Waals surface area (Å²) in [5, 5.41) is 7.56. The van der Waals surface area contributed by atoms with Gasteiger partial charge in [0.25, 0.3) is 0 Å². The monoisotopic (exact) mass is 244 g/mol. The Labute approximate surface area is 108 Å². The third-order valence-corrected chi connectivity index (χ3v) is 3.20. The molecule has 1 atom stereocenters. The quantitative estimate of drug-likeness (QED) is 0.847. The van der Waals surface area contributed by atoms with Crippen LogP contribution in [-0.2, 0) is 13.0 Å². The number of aryl methyl sites for hydroxylation is 2. The van der Waals surface area contributed by atoms with E-state index in [1.165, 1.54) is 5.56 Å². The van der Waals surface area contributed by atoms with Gasteiger partial charge in [0, 0.05) is 19.0 Å². The zero-order chi connectivity index (χ0) is 12.8. The van der Waals surface area contributed by atoms with Crippen LogP contribution in [0.4, 0.5) is 0 Å². The summed E-state index contributed by atoms with van der Waals surface area (Å²) in [6.07, 6.45) is 3.60. The molecule has 1 aromatic carbocycles. The van der Waals surface area contributed by atoms with Gasteiger partial charge < -0.3 is 5.32 Å². The minimum atomic E-state index is 0.369. The fourth-order valence-corrected chi connectivity index (χ4v) is 2.18. The van der Waals surface area contributed by atoms with Crippen molar-refractivity contribution in [3.8, 4) is 0 Å². The second kappa shape index (κ2) is 6.31. The second-order valence-corrected chi connectivity index (χ2v) is 4.28. The molecule has 0 aliphatic heterocycles. The molecule has 0 bridgehead atoms. The van der Waals surface area contributed by atoms with Crippen LogP contribution in [0.25, 0.3) is 0 Å². The summed E-state index contributed by atoms with van der Waals surface area (Å²) in [6, 6.07) is 10.9. The van der Waals surface area contributed by atoms with E-state index < -0.39 is 0 Å². The van der Waals surface area contributed by atoms with Crippen LogP contribution in [0.2, 0.25) is 0 Å². The topological polar surface area (TPSA) is 42.7 Å². The van der Waals surface area contributed by atoms with E-state index in [1.807, 2.05) is 17.8 Å². The van der Waals surface area contributed by atoms with Crippen molar-refractivity contribution in [3.63, 3.8) is 0 Å². The maximum Gasteiger partial charge on any atom is 0.138 e. The minimum Gasteiger partial charge on any atom is -0.313 e. The highest BCUT2D eigenvalue weighted by atomic mass is 15.3. The first kappa shape index (κ1) is 12.8. The number of rotatable bonds is 6. The van der Waals surface area contributed by atoms with Crippen molar-refractivity contribution in [1.29, 1.82) is 0 Å². The molecule has 96 valence electrons. The van der Waals surface area contributed by atoms with Crippen molar-refractivity contribution in [1.82, 2.24) is 20.1 Å². The minimum absolute atomic E-state index is 0.369. The summed E-state index contributed by atoms with van der Waals surface area (Å²) in [5.41, 5.74) is 1.32. The molecule has 18 heavy (non-hydrogen) atoms. The van der Waals surface area contributed by atoms with Crippen molar-refractivity contribution in [2.75, 3.05) is 7.05 Å². The lowest BCUT2D eigenvalue weighted by Gasteiger charge is -2.16. The molecule has 1 heterocycles. The van der Waals surface area contributed by atoms with Crippen molar-refractivity contribution in [2.45, 2.75) is 32.4 Å². The highest BCUT2D eigenvalue weighted by Gasteiger charge is 2.11. The molecule has 0 spiro atoms. The zero-order valence-electron chi connectivity index (χ0n) is 11.0. The molecule has 2 rings (SSSR count). The predicted octanol–water partition coefficient (Wildman–Crippen LogP) is 2.19. The molecule has 1 N–H and O–H groups in total. The van der Waals surface area contributed by atoms with E-state index in [4.69, 9.17) is 0 Å². The average molecular weight is 244 g/mol. The molecule has 1 unspecified atom stereocenters. The molecule has 0 aliphatic carbocycles. The van der Waals surface area contributed by atoms with Gasteiger partial charge in [-0.1, -0.05) is 30.3 Å². The van der Waals surface area contributed by atoms with E-state index in [2.05, 4.69) is 46.6 Å². The standard InChI is InChI=1S/C14H20N4/c1-3-18-14(16-11-17-18)10-9-13(15-2)12-7-5-4-6-8-12/h4-8,11,13,15H,3,9-10H2,1-2H3. The molecular weight excluding hydrogens is 224 g/mol. The Morgan fingerprint density at radius 1 is 1.28 bits per heavy atom. The molecule has 1 aromatic heterocycles. The Kier molecular flexibility index (Phi) is 4.47. The summed E-state index contributed by atoms with van der Waals surface area (Å²) < 4.78 is 1.96. The molecule has 0 aliphatic rings. The Balaban J connectivity index is 2.00. The fraction of sp³-hybridized carbons (Fsp3) is 0.429. The number of benzene rings is 1. The van der Waals surface area contributed by atoms with Crippen LogP contribution < -0.4 is 5.32 Å². The van der Waals surface area contributed by atoms with Gasteiger partial charge in [-0.15, -0.1) is 0 Å². The van der Waals surface area contributed by atoms with Gasteiger partial charge in [0.1, 0.15) is 12.2 Å². The van der Waals surface area contributed by atoms with Crippen molar-refractivity contribution < 1.29 is 0 Å². The van der Waals surface area contributed by atoms with Crippen molar-refractivity contribution >= 4 is 0 Å². The number of nitrogens with one attached hydrogen (secondary N) is 1. The zero-order valence-corrected chi connectivity index (χ0v) is 11.0. The van der Waals surface area contributed by atoms with Crippen LogP contribution in [0.15, 0.2) is 36.7 Å². The van der Waals surface area contributed by atoms with Gasteiger partial charge in [-0.3, -0.25) is 4.68 Å². The first-order valence-electron chi connectivity index (χ1n) is 6.44. The Morgan fingerprint density at radius 2 is 2.06 bits per heavy atom. The van der Waals surface area contributed by atoms with Crippen molar-refractivity contribution in [3.05, 3.63) is 48.0 Å². The summed E-state index contributed by atoms with van der Waals surface area (Å²) in [4.78, 5) is 4.31. The number of nitrogens with zero attached hydrogens (tertiary/aromatic N) is 3. The summed E-state index contributed by atoms with van der Waals surface area (Å²) >= 11 is 0. The van der Waals surface area contributed by atoms with Crippen LogP contribution in [-0.4, -0.2) is 21.8 Å². The van der Waals surface area contributed by atoms with Crippen LogP contribution >= 0.6 is 0 Å². The number of hydrogen-bond donors (Lipinski definition) is 1. The first-order chi connectivity index (χ1) is 8.85. The van der Waals surface area contributed by atoms with E-state index in [0.717, 1.165) is 25.2 Å². The molecule has 0 saturated heterocycles. The molecule has 0 saturated carbocycles. The van der Waals surface area contributed by atoms with Gasteiger partial charge in [0.2, 0.25) is 0 Å². The Morgan fingerprint density at radius 3 is 2.72 bits per heavy atom. The maximum atomic E-state index is 4.31. The lowest BCUT2D eigenvalue weighted by molar-refractivity contribution is 0.521. The number of hydrogen-bond acceptors (Lipinski definition) is 3. The SMILES string of the molecule is CCn1ncnc1CCC(NC)c1ccccc1. The molecule has 2 aromatic rings. The lowest BCUT2D eigenvalue weighted by atomic mass is 10.0. The van der Waals surface area contributed by atoms with Gasteiger partial charge in [0.15, 0.2) is 0 Å². The van der Waals surface area contributed by atoms with Crippen LogP contribution in [0, 0.1) is 0 Å². The molecule has 4 heteroatoms. The normalized spacial score (nSPS) is 12.6. The highest BCUT2D eigenvalue weighted by molar-refractivity contribution is 5.18. The van der Waals surface area contributed by atoms with E-state index in [-0.39, 0.29) is 0 Å². The van der Waals surface area contributed by atoms with Gasteiger partial charge in [-0.25, -0.2) is 4.98 Å². The molecule has 4 nitrogen and oxygen atoms in total. The summed E-state index contributed by atoms with van der Waals surface area (Å²) in [5.74, 6) is 1.06. The summed E-state index contributed by atoms with van der Waals surface area (Å²) in [6.45, 7) is 2.97. The number of aromatic nitrogens is 3. The summed E-state index contributed by atoms with van der Waals surface area (Å²) in [7, 11) is 2.00. The predicted molar refractivity (Wildman–Crippen MR) is 72.3 cm³/mol. The van der Waals surface area contributed by atoms with Crippen LogP contribution in [0.1, 0.15) is 30.8 Å². The van der Waals surface area contributed by atoms with Gasteiger partial charge in [-0.05, 0) is 26.0 Å². The smallest absolute Gasteiger partial charge is 0.138 e. The second-order valence-electron chi connectivity index (χ2n) is 4.28. The van der Waals surface area contributed by atoms with Crippen LogP contribution in [0.3, 0.4) is 0 Å². The largest absolute Gasteiger partial charge is 0.313 e. The van der Waals surface area contributed by atoms with E-state index in [0.29, 0.717) is 6.04 Å². The lowest BCUT2D eigenvalue weighted by Crippen LogP contribution is -2.18. The molecule has 0 fully saturated rings. The van der Waals surface area contributed by atoms with Gasteiger partial charge >= 0.3 is 0 Å². The highest BCUT2D eigenvalue weighted by Crippen LogP contribution is 2.17. The van der Waals surface area contributed by atoms with E-state index in [9.17, 15) is 0 Å². The third kappa shape index (κ3) is 2.96. The molecule has 0 radical (unpaired) electrons. The van der Waals surface area contributed by atoms with Gasteiger partial charge in [0.05, 0.1) is 0 Å². The Bertz CT molecular complexity index is 464. The third-order valence-electron chi connectivity index (χ3n) is 3.20. The van der Waals surface area contributed by atoms with Crippen molar-refractivity contribution in [2.24, 2.45) is 0 Å². The molecule has 0 amide bonds.